The number of nitrogens with zero attached hydrogens (tertiary/aromatic N) is 1. The lowest BCUT2D eigenvalue weighted by Crippen LogP contribution is -2.32. The van der Waals surface area contributed by atoms with E-state index in [-0.39, 0.29) is 5.91 Å². The Hall–Kier alpha value is -1.88. The lowest BCUT2D eigenvalue weighted by Gasteiger charge is -2.16. The van der Waals surface area contributed by atoms with Gasteiger partial charge in [0.05, 0.1) is 5.69 Å². The minimum absolute atomic E-state index is 0.131. The fraction of sp³-hybridized carbons (Fsp3) is 0.375. The zero-order valence-corrected chi connectivity index (χ0v) is 12.8. The predicted octanol–water partition coefficient (Wildman–Crippen LogP) is 3.43. The van der Waals surface area contributed by atoms with Gasteiger partial charge >= 0.3 is 0 Å². The van der Waals surface area contributed by atoms with Crippen LogP contribution in [0.3, 0.4) is 0 Å². The van der Waals surface area contributed by atoms with Crippen molar-refractivity contribution in [1.29, 1.82) is 0 Å². The maximum absolute atomic E-state index is 12.3. The van der Waals surface area contributed by atoms with Crippen LogP contribution in [0.25, 0.3) is 0 Å². The molecule has 1 atom stereocenters. The van der Waals surface area contributed by atoms with Crippen LogP contribution in [0.1, 0.15) is 30.3 Å². The molecule has 0 bridgehead atoms. The normalized spacial score (nSPS) is 14.5. The lowest BCUT2D eigenvalue weighted by molar-refractivity contribution is -0.122. The van der Waals surface area contributed by atoms with Gasteiger partial charge in [-0.05, 0) is 37.8 Å². The third-order valence-corrected chi connectivity index (χ3v) is 4.58. The van der Waals surface area contributed by atoms with Crippen molar-refractivity contribution in [2.45, 2.75) is 38.7 Å². The van der Waals surface area contributed by atoms with Crippen molar-refractivity contribution in [3.05, 3.63) is 40.9 Å². The van der Waals surface area contributed by atoms with Crippen molar-refractivity contribution in [3.8, 4) is 5.75 Å². The first-order valence-corrected chi connectivity index (χ1v) is 8.09. The third kappa shape index (κ3) is 3.24. The lowest BCUT2D eigenvalue weighted by atomic mass is 10.2. The molecule has 0 radical (unpaired) electrons. The van der Waals surface area contributed by atoms with E-state index in [9.17, 15) is 4.79 Å². The Morgan fingerprint density at radius 2 is 2.19 bits per heavy atom. The van der Waals surface area contributed by atoms with Gasteiger partial charge in [-0.1, -0.05) is 25.1 Å². The molecule has 1 heterocycles. The number of aryl methyl sites for hydroxylation is 2. The fourth-order valence-corrected chi connectivity index (χ4v) is 3.47. The molecular formula is C16H18N2O2S. The Balaban J connectivity index is 1.64. The Morgan fingerprint density at radius 3 is 2.90 bits per heavy atom. The second kappa shape index (κ2) is 6.26. The molecule has 1 aliphatic rings. The van der Waals surface area contributed by atoms with Gasteiger partial charge in [-0.25, -0.2) is 4.98 Å². The topological polar surface area (TPSA) is 51.2 Å². The molecule has 5 heteroatoms. The highest BCUT2D eigenvalue weighted by atomic mass is 32.1. The number of rotatable bonds is 5. The van der Waals surface area contributed by atoms with E-state index in [2.05, 4.69) is 10.3 Å². The molecule has 21 heavy (non-hydrogen) atoms. The summed E-state index contributed by atoms with van der Waals surface area (Å²) in [5.74, 6) is 0.579. The molecule has 0 spiro atoms. The summed E-state index contributed by atoms with van der Waals surface area (Å²) in [4.78, 5) is 18.1. The van der Waals surface area contributed by atoms with Gasteiger partial charge in [0.15, 0.2) is 11.2 Å². The van der Waals surface area contributed by atoms with Gasteiger partial charge in [0.1, 0.15) is 5.75 Å². The quantitative estimate of drug-likeness (QED) is 0.920. The number of amides is 1. The summed E-state index contributed by atoms with van der Waals surface area (Å²) in [6, 6.07) is 9.42. The molecule has 0 saturated heterocycles. The zero-order chi connectivity index (χ0) is 14.7. The van der Waals surface area contributed by atoms with E-state index in [4.69, 9.17) is 4.74 Å². The first-order valence-electron chi connectivity index (χ1n) is 7.27. The molecule has 1 unspecified atom stereocenters. The summed E-state index contributed by atoms with van der Waals surface area (Å²) in [5.41, 5.74) is 1.15. The van der Waals surface area contributed by atoms with E-state index in [1.165, 1.54) is 11.3 Å². The molecular weight excluding hydrogens is 284 g/mol. The Morgan fingerprint density at radius 1 is 1.38 bits per heavy atom. The molecule has 1 N–H and O–H groups in total. The van der Waals surface area contributed by atoms with Crippen molar-refractivity contribution >= 4 is 22.4 Å². The summed E-state index contributed by atoms with van der Waals surface area (Å²) in [6.45, 7) is 1.94. The second-order valence-corrected chi connectivity index (χ2v) is 6.14. The van der Waals surface area contributed by atoms with Crippen LogP contribution in [0, 0.1) is 0 Å². The fourth-order valence-electron chi connectivity index (χ4n) is 2.42. The van der Waals surface area contributed by atoms with Gasteiger partial charge in [-0.2, -0.15) is 0 Å². The van der Waals surface area contributed by atoms with Crippen LogP contribution < -0.4 is 10.1 Å². The molecule has 110 valence electrons. The molecule has 1 aromatic heterocycles. The predicted molar refractivity (Wildman–Crippen MR) is 83.9 cm³/mol. The summed E-state index contributed by atoms with van der Waals surface area (Å²) < 4.78 is 5.74. The number of para-hydroxylation sites is 1. The van der Waals surface area contributed by atoms with Crippen molar-refractivity contribution in [1.82, 2.24) is 4.98 Å². The number of ether oxygens (including phenoxy) is 1. The van der Waals surface area contributed by atoms with Gasteiger partial charge in [0, 0.05) is 4.88 Å². The van der Waals surface area contributed by atoms with Crippen LogP contribution in [-0.4, -0.2) is 17.0 Å². The Kier molecular flexibility index (Phi) is 4.20. The average Bonchev–Trinajstić information content (AvgIpc) is 3.06. The zero-order valence-electron chi connectivity index (χ0n) is 12.0. The molecule has 1 aromatic carbocycles. The summed E-state index contributed by atoms with van der Waals surface area (Å²) in [7, 11) is 0. The van der Waals surface area contributed by atoms with Gasteiger partial charge in [0.2, 0.25) is 0 Å². The highest BCUT2D eigenvalue weighted by molar-refractivity contribution is 7.15. The number of thiazole rings is 1. The van der Waals surface area contributed by atoms with E-state index in [1.54, 1.807) is 11.3 Å². The van der Waals surface area contributed by atoms with Crippen LogP contribution in [0.5, 0.6) is 5.75 Å². The molecule has 4 nitrogen and oxygen atoms in total. The number of hydrogen-bond donors (Lipinski definition) is 1. The standard InChI is InChI=1S/C16H18N2O2S/c1-2-13(20-11-7-4-3-5-8-11)15(19)18-16-17-12-9-6-10-14(12)21-16/h3-5,7-8,13H,2,6,9-10H2,1H3,(H,17,18,19). The Bertz CT molecular complexity index is 603. The second-order valence-electron chi connectivity index (χ2n) is 5.06. The largest absolute Gasteiger partial charge is 0.481 e. The van der Waals surface area contributed by atoms with E-state index < -0.39 is 6.10 Å². The van der Waals surface area contributed by atoms with Crippen molar-refractivity contribution < 1.29 is 9.53 Å². The van der Waals surface area contributed by atoms with Crippen molar-refractivity contribution in [2.75, 3.05) is 5.32 Å². The number of fused-ring (bicyclic) bond motifs is 1. The third-order valence-electron chi connectivity index (χ3n) is 3.51. The number of aromatic nitrogens is 1. The molecule has 0 saturated carbocycles. The number of carbonyl (C=O) groups excluding carboxylic acids is 1. The maximum atomic E-state index is 12.3. The monoisotopic (exact) mass is 302 g/mol. The first kappa shape index (κ1) is 14.1. The van der Waals surface area contributed by atoms with Crippen LogP contribution in [0.2, 0.25) is 0 Å². The summed E-state index contributed by atoms with van der Waals surface area (Å²) in [5, 5.41) is 3.58. The molecule has 0 aliphatic heterocycles. The minimum atomic E-state index is -0.494. The van der Waals surface area contributed by atoms with Crippen LogP contribution >= 0.6 is 11.3 Å². The van der Waals surface area contributed by atoms with Gasteiger partial charge in [-0.15, -0.1) is 11.3 Å². The number of hydrogen-bond acceptors (Lipinski definition) is 4. The SMILES string of the molecule is CCC(Oc1ccccc1)C(=O)Nc1nc2c(s1)CCC2. The van der Waals surface area contributed by atoms with E-state index in [0.717, 1.165) is 18.5 Å². The average molecular weight is 302 g/mol. The smallest absolute Gasteiger partial charge is 0.267 e. The summed E-state index contributed by atoms with van der Waals surface area (Å²) in [6.07, 6.45) is 3.41. The number of carbonyl (C=O) groups is 1. The highest BCUT2D eigenvalue weighted by Crippen LogP contribution is 2.30. The highest BCUT2D eigenvalue weighted by Gasteiger charge is 2.22. The van der Waals surface area contributed by atoms with Crippen molar-refractivity contribution in [2.24, 2.45) is 0 Å². The minimum Gasteiger partial charge on any atom is -0.481 e. The van der Waals surface area contributed by atoms with Gasteiger partial charge < -0.3 is 4.74 Å². The van der Waals surface area contributed by atoms with Crippen molar-refractivity contribution in [3.63, 3.8) is 0 Å². The number of anilines is 1. The number of benzene rings is 1. The van der Waals surface area contributed by atoms with Crippen LogP contribution in [0.15, 0.2) is 30.3 Å². The van der Waals surface area contributed by atoms with E-state index in [0.29, 0.717) is 17.3 Å². The van der Waals surface area contributed by atoms with E-state index >= 15 is 0 Å². The van der Waals surface area contributed by atoms with Crippen LogP contribution in [-0.2, 0) is 17.6 Å². The molecule has 1 amide bonds. The Labute approximate surface area is 128 Å². The molecule has 1 aliphatic carbocycles. The van der Waals surface area contributed by atoms with Crippen LogP contribution in [0.4, 0.5) is 5.13 Å². The molecule has 3 rings (SSSR count). The molecule has 2 aromatic rings. The number of nitrogens with one attached hydrogen (secondary N) is 1. The maximum Gasteiger partial charge on any atom is 0.267 e. The molecule has 0 fully saturated rings. The first-order chi connectivity index (χ1) is 10.3. The summed E-state index contributed by atoms with van der Waals surface area (Å²) >= 11 is 1.59. The van der Waals surface area contributed by atoms with Gasteiger partial charge in [-0.3, -0.25) is 10.1 Å². The van der Waals surface area contributed by atoms with E-state index in [1.807, 2.05) is 37.3 Å². The van der Waals surface area contributed by atoms with Gasteiger partial charge in [0.25, 0.3) is 5.91 Å².